The molecule has 0 spiro atoms. The summed E-state index contributed by atoms with van der Waals surface area (Å²) in [7, 11) is 0. The molecule has 0 aromatic carbocycles. The van der Waals surface area contributed by atoms with Gasteiger partial charge in [0.05, 0.1) is 18.4 Å². The van der Waals surface area contributed by atoms with Crippen molar-refractivity contribution in [2.24, 2.45) is 0 Å². The molecule has 0 atom stereocenters. The van der Waals surface area contributed by atoms with Crippen LogP contribution in [-0.4, -0.2) is 16.2 Å². The lowest BCUT2D eigenvalue weighted by Gasteiger charge is -2.12. The second-order valence-corrected chi connectivity index (χ2v) is 3.67. The van der Waals surface area contributed by atoms with Crippen LogP contribution in [0, 0.1) is 0 Å². The van der Waals surface area contributed by atoms with Gasteiger partial charge in [0.15, 0.2) is 0 Å². The van der Waals surface area contributed by atoms with Crippen LogP contribution in [0.25, 0.3) is 0 Å². The zero-order chi connectivity index (χ0) is 9.80. The molecule has 0 radical (unpaired) electrons. The summed E-state index contributed by atoms with van der Waals surface area (Å²) in [5.74, 6) is 0.830. The first-order valence-electron chi connectivity index (χ1n) is 5.11. The minimum atomic E-state index is -0.0259. The number of aromatic nitrogens is 1. The lowest BCUT2D eigenvalue weighted by atomic mass is 10.3. The Labute approximate surface area is 83.7 Å². The maximum atomic E-state index is 8.90. The molecule has 0 aliphatic heterocycles. The minimum Gasteiger partial charge on any atom is -0.490 e. The highest BCUT2D eigenvalue weighted by molar-refractivity contribution is 5.22. The summed E-state index contributed by atoms with van der Waals surface area (Å²) < 4.78 is 5.77. The summed E-state index contributed by atoms with van der Waals surface area (Å²) in [6.07, 6.45) is 6.87. The van der Waals surface area contributed by atoms with E-state index in [2.05, 4.69) is 4.98 Å². The van der Waals surface area contributed by atoms with Gasteiger partial charge >= 0.3 is 0 Å². The molecular weight excluding hydrogens is 178 g/mol. The molecule has 76 valence electrons. The standard InChI is InChI=1S/C11H15NO2/c13-8-9-7-11(5-6-12-9)14-10-3-1-2-4-10/h5-7,10,13H,1-4,8H2. The van der Waals surface area contributed by atoms with Gasteiger partial charge < -0.3 is 9.84 Å². The summed E-state index contributed by atoms with van der Waals surface area (Å²) in [6.45, 7) is -0.0259. The molecule has 1 heterocycles. The van der Waals surface area contributed by atoms with E-state index in [1.54, 1.807) is 12.3 Å². The Balaban J connectivity index is 2.00. The van der Waals surface area contributed by atoms with Crippen LogP contribution in [0.2, 0.25) is 0 Å². The molecule has 1 aliphatic carbocycles. The molecule has 1 N–H and O–H groups in total. The Morgan fingerprint density at radius 2 is 2.21 bits per heavy atom. The van der Waals surface area contributed by atoms with Crippen LogP contribution < -0.4 is 4.74 Å². The maximum Gasteiger partial charge on any atom is 0.123 e. The summed E-state index contributed by atoms with van der Waals surface area (Å²) in [5.41, 5.74) is 0.667. The van der Waals surface area contributed by atoms with Crippen LogP contribution in [0.4, 0.5) is 0 Å². The fourth-order valence-corrected chi connectivity index (χ4v) is 1.81. The Bertz CT molecular complexity index is 295. The average Bonchev–Trinajstić information content (AvgIpc) is 2.71. The predicted molar refractivity (Wildman–Crippen MR) is 53.0 cm³/mol. The van der Waals surface area contributed by atoms with Gasteiger partial charge in [-0.3, -0.25) is 4.98 Å². The Morgan fingerprint density at radius 1 is 1.43 bits per heavy atom. The molecular formula is C11H15NO2. The number of ether oxygens (including phenoxy) is 1. The topological polar surface area (TPSA) is 42.4 Å². The van der Waals surface area contributed by atoms with Gasteiger partial charge in [0.25, 0.3) is 0 Å². The smallest absolute Gasteiger partial charge is 0.123 e. The Morgan fingerprint density at radius 3 is 2.93 bits per heavy atom. The molecule has 1 fully saturated rings. The third kappa shape index (κ3) is 2.23. The van der Waals surface area contributed by atoms with Crippen molar-refractivity contribution in [1.82, 2.24) is 4.98 Å². The van der Waals surface area contributed by atoms with E-state index in [0.29, 0.717) is 11.8 Å². The molecule has 0 saturated heterocycles. The van der Waals surface area contributed by atoms with E-state index in [9.17, 15) is 0 Å². The van der Waals surface area contributed by atoms with Gasteiger partial charge in [0.2, 0.25) is 0 Å². The molecule has 1 aromatic heterocycles. The first-order valence-corrected chi connectivity index (χ1v) is 5.11. The van der Waals surface area contributed by atoms with Crippen molar-refractivity contribution in [3.8, 4) is 5.75 Å². The number of aliphatic hydroxyl groups is 1. The van der Waals surface area contributed by atoms with E-state index < -0.39 is 0 Å². The average molecular weight is 193 g/mol. The lowest BCUT2D eigenvalue weighted by Crippen LogP contribution is -2.11. The number of nitrogens with zero attached hydrogens (tertiary/aromatic N) is 1. The van der Waals surface area contributed by atoms with Crippen molar-refractivity contribution in [2.45, 2.75) is 38.4 Å². The molecule has 1 saturated carbocycles. The quantitative estimate of drug-likeness (QED) is 0.797. The summed E-state index contributed by atoms with van der Waals surface area (Å²) >= 11 is 0. The second-order valence-electron chi connectivity index (χ2n) is 3.67. The molecule has 3 heteroatoms. The van der Waals surface area contributed by atoms with Gasteiger partial charge in [-0.05, 0) is 31.7 Å². The predicted octanol–water partition coefficient (Wildman–Crippen LogP) is 1.90. The summed E-state index contributed by atoms with van der Waals surface area (Å²) in [6, 6.07) is 3.65. The highest BCUT2D eigenvalue weighted by Gasteiger charge is 2.16. The van der Waals surface area contributed by atoms with Gasteiger partial charge in [0.1, 0.15) is 5.75 Å². The minimum absolute atomic E-state index is 0.0259. The van der Waals surface area contributed by atoms with E-state index in [1.807, 2.05) is 6.07 Å². The zero-order valence-corrected chi connectivity index (χ0v) is 8.15. The van der Waals surface area contributed by atoms with Crippen molar-refractivity contribution in [1.29, 1.82) is 0 Å². The van der Waals surface area contributed by atoms with Crippen LogP contribution in [0.1, 0.15) is 31.4 Å². The number of hydrogen-bond acceptors (Lipinski definition) is 3. The molecule has 0 amide bonds. The van der Waals surface area contributed by atoms with Gasteiger partial charge in [-0.2, -0.15) is 0 Å². The molecule has 0 bridgehead atoms. The molecule has 0 unspecified atom stereocenters. The SMILES string of the molecule is OCc1cc(OC2CCCC2)ccn1. The molecule has 3 nitrogen and oxygen atoms in total. The third-order valence-corrected chi connectivity index (χ3v) is 2.55. The van der Waals surface area contributed by atoms with Crippen LogP contribution >= 0.6 is 0 Å². The monoisotopic (exact) mass is 193 g/mol. The van der Waals surface area contributed by atoms with Crippen molar-refractivity contribution in [3.63, 3.8) is 0 Å². The fourth-order valence-electron chi connectivity index (χ4n) is 1.81. The second kappa shape index (κ2) is 4.42. The maximum absolute atomic E-state index is 8.90. The van der Waals surface area contributed by atoms with Crippen LogP contribution in [-0.2, 0) is 6.61 Å². The van der Waals surface area contributed by atoms with Gasteiger partial charge in [-0.1, -0.05) is 0 Å². The zero-order valence-electron chi connectivity index (χ0n) is 8.15. The summed E-state index contributed by atoms with van der Waals surface area (Å²) in [5, 5.41) is 8.90. The number of hydrogen-bond donors (Lipinski definition) is 1. The van der Waals surface area contributed by atoms with E-state index in [0.717, 1.165) is 18.6 Å². The fraction of sp³-hybridized carbons (Fsp3) is 0.545. The third-order valence-electron chi connectivity index (χ3n) is 2.55. The highest BCUT2D eigenvalue weighted by Crippen LogP contribution is 2.23. The highest BCUT2D eigenvalue weighted by atomic mass is 16.5. The normalized spacial score (nSPS) is 17.2. The van der Waals surface area contributed by atoms with E-state index >= 15 is 0 Å². The summed E-state index contributed by atoms with van der Waals surface area (Å²) in [4.78, 5) is 4.00. The molecule has 1 aromatic rings. The molecule has 14 heavy (non-hydrogen) atoms. The number of rotatable bonds is 3. The Hall–Kier alpha value is -1.09. The molecule has 2 rings (SSSR count). The van der Waals surface area contributed by atoms with Crippen molar-refractivity contribution < 1.29 is 9.84 Å². The van der Waals surface area contributed by atoms with Crippen LogP contribution in [0.5, 0.6) is 5.75 Å². The van der Waals surface area contributed by atoms with Crippen LogP contribution in [0.3, 0.4) is 0 Å². The number of aliphatic hydroxyl groups excluding tert-OH is 1. The van der Waals surface area contributed by atoms with Gasteiger partial charge in [-0.25, -0.2) is 0 Å². The molecule has 1 aliphatic rings. The number of pyridine rings is 1. The van der Waals surface area contributed by atoms with Crippen molar-refractivity contribution in [3.05, 3.63) is 24.0 Å². The van der Waals surface area contributed by atoms with Gasteiger partial charge in [-0.15, -0.1) is 0 Å². The first-order chi connectivity index (χ1) is 6.88. The van der Waals surface area contributed by atoms with Crippen LogP contribution in [0.15, 0.2) is 18.3 Å². The first kappa shape index (κ1) is 9.46. The lowest BCUT2D eigenvalue weighted by molar-refractivity contribution is 0.208. The Kier molecular flexibility index (Phi) is 2.99. The van der Waals surface area contributed by atoms with E-state index in [4.69, 9.17) is 9.84 Å². The van der Waals surface area contributed by atoms with E-state index in [-0.39, 0.29) is 6.61 Å². The van der Waals surface area contributed by atoms with Crippen molar-refractivity contribution >= 4 is 0 Å². The van der Waals surface area contributed by atoms with Gasteiger partial charge in [0, 0.05) is 12.3 Å². The van der Waals surface area contributed by atoms with Crippen molar-refractivity contribution in [2.75, 3.05) is 0 Å². The van der Waals surface area contributed by atoms with E-state index in [1.165, 1.54) is 12.8 Å². The largest absolute Gasteiger partial charge is 0.490 e.